The van der Waals surface area contributed by atoms with Gasteiger partial charge in [0.05, 0.1) is 17.1 Å². The van der Waals surface area contributed by atoms with Gasteiger partial charge in [-0.3, -0.25) is 0 Å². The highest BCUT2D eigenvalue weighted by atomic mass is 35.5. The molecule has 2 aromatic carbocycles. The number of carbonyl (C=O) groups is 2. The molecule has 1 heterocycles. The van der Waals surface area contributed by atoms with Gasteiger partial charge in [0.2, 0.25) is 0 Å². The minimum atomic E-state index is -1.21. The van der Waals surface area contributed by atoms with Gasteiger partial charge in [-0.1, -0.05) is 60.1 Å². The summed E-state index contributed by atoms with van der Waals surface area (Å²) in [7, 11) is 0. The summed E-state index contributed by atoms with van der Waals surface area (Å²) in [6.45, 7) is 1.51. The van der Waals surface area contributed by atoms with Crippen molar-refractivity contribution < 1.29 is 19.4 Å². The third kappa shape index (κ3) is 5.03. The Balaban J connectivity index is 1.94. The van der Waals surface area contributed by atoms with Gasteiger partial charge in [0, 0.05) is 10.7 Å². The maximum atomic E-state index is 13.0. The number of nitriles is 1. The van der Waals surface area contributed by atoms with Crippen LogP contribution in [-0.4, -0.2) is 23.7 Å². The lowest BCUT2D eigenvalue weighted by Crippen LogP contribution is -2.32. The van der Waals surface area contributed by atoms with Crippen LogP contribution in [0.1, 0.15) is 24.0 Å². The van der Waals surface area contributed by atoms with E-state index in [1.165, 1.54) is 0 Å². The Bertz CT molecular complexity index is 1140. The van der Waals surface area contributed by atoms with Crippen LogP contribution in [0.25, 0.3) is 6.08 Å². The van der Waals surface area contributed by atoms with Crippen molar-refractivity contribution in [1.82, 2.24) is 5.32 Å². The quantitative estimate of drug-likeness (QED) is 0.653. The summed E-state index contributed by atoms with van der Waals surface area (Å²) in [4.78, 5) is 25.0. The predicted molar refractivity (Wildman–Crippen MR) is 117 cm³/mol. The lowest BCUT2D eigenvalue weighted by atomic mass is 9.80. The fourth-order valence-corrected chi connectivity index (χ4v) is 3.59. The van der Waals surface area contributed by atoms with Gasteiger partial charge in [-0.15, -0.1) is 0 Å². The van der Waals surface area contributed by atoms with E-state index in [1.54, 1.807) is 43.3 Å². The topological polar surface area (TPSA) is 99.4 Å². The third-order valence-electron chi connectivity index (χ3n) is 4.73. The molecule has 0 amide bonds. The van der Waals surface area contributed by atoms with Crippen LogP contribution in [0.3, 0.4) is 0 Å². The Kier molecular flexibility index (Phi) is 6.91. The van der Waals surface area contributed by atoms with E-state index in [0.29, 0.717) is 10.6 Å². The number of hydrogen-bond donors (Lipinski definition) is 2. The Labute approximate surface area is 184 Å². The van der Waals surface area contributed by atoms with E-state index in [2.05, 4.69) is 5.32 Å². The minimum absolute atomic E-state index is 0.0384. The second kappa shape index (κ2) is 9.79. The molecule has 7 heteroatoms. The highest BCUT2D eigenvalue weighted by molar-refractivity contribution is 6.30. The highest BCUT2D eigenvalue weighted by Crippen LogP contribution is 2.39. The van der Waals surface area contributed by atoms with Crippen molar-refractivity contribution in [1.29, 1.82) is 5.26 Å². The van der Waals surface area contributed by atoms with Crippen LogP contribution >= 0.6 is 11.6 Å². The van der Waals surface area contributed by atoms with Crippen molar-refractivity contribution in [2.24, 2.45) is 0 Å². The molecule has 1 atom stereocenters. The zero-order chi connectivity index (χ0) is 22.4. The lowest BCUT2D eigenvalue weighted by molar-refractivity contribution is -0.138. The van der Waals surface area contributed by atoms with Gasteiger partial charge >= 0.3 is 11.9 Å². The number of halogens is 1. The van der Waals surface area contributed by atoms with Crippen LogP contribution < -0.4 is 5.32 Å². The molecule has 0 radical (unpaired) electrons. The smallest absolute Gasteiger partial charge is 0.338 e. The third-order valence-corrected chi connectivity index (χ3v) is 4.96. The maximum absolute atomic E-state index is 13.0. The molecule has 0 spiro atoms. The second-order valence-corrected chi connectivity index (χ2v) is 7.21. The maximum Gasteiger partial charge on any atom is 0.338 e. The zero-order valence-electron chi connectivity index (χ0n) is 16.6. The molecule has 1 aliphatic rings. The Morgan fingerprint density at radius 2 is 1.94 bits per heavy atom. The van der Waals surface area contributed by atoms with Crippen molar-refractivity contribution in [2.45, 2.75) is 12.8 Å². The first kappa shape index (κ1) is 21.9. The van der Waals surface area contributed by atoms with E-state index in [1.807, 2.05) is 36.4 Å². The molecule has 1 aliphatic heterocycles. The number of carboxylic acids is 1. The number of dihydropyridines is 1. The first-order valence-electron chi connectivity index (χ1n) is 9.42. The standard InChI is InChI=1S/C24H19ClN2O4/c1-15-20(23(28)29)21(17-10-5-11-18(25)13-17)22(19(14-26)27-15)24(30)31-12-6-9-16-7-3-2-4-8-16/h2-11,13,21,27H,12H2,1H3,(H,28,29)/b9-6+. The molecule has 0 aliphatic carbocycles. The summed E-state index contributed by atoms with van der Waals surface area (Å²) in [5, 5.41) is 22.5. The Hall–Kier alpha value is -3.82. The number of carbonyl (C=O) groups excluding carboxylic acids is 1. The summed E-state index contributed by atoms with van der Waals surface area (Å²) in [6, 6.07) is 18.0. The number of esters is 1. The van der Waals surface area contributed by atoms with Crippen LogP contribution in [0.5, 0.6) is 0 Å². The lowest BCUT2D eigenvalue weighted by Gasteiger charge is -2.28. The summed E-state index contributed by atoms with van der Waals surface area (Å²) in [5.74, 6) is -2.99. The summed E-state index contributed by atoms with van der Waals surface area (Å²) < 4.78 is 5.36. The van der Waals surface area contributed by atoms with Gasteiger partial charge in [-0.2, -0.15) is 5.26 Å². The Morgan fingerprint density at radius 3 is 2.58 bits per heavy atom. The molecular weight excluding hydrogens is 416 g/mol. The number of carboxylic acid groups (broad SMARTS) is 1. The number of nitrogens with one attached hydrogen (secondary N) is 1. The average molecular weight is 435 g/mol. The van der Waals surface area contributed by atoms with Crippen LogP contribution in [0.2, 0.25) is 5.02 Å². The average Bonchev–Trinajstić information content (AvgIpc) is 2.76. The molecule has 0 saturated carbocycles. The van der Waals surface area contributed by atoms with Crippen LogP contribution in [0, 0.1) is 11.3 Å². The molecule has 2 aromatic rings. The first-order valence-corrected chi connectivity index (χ1v) is 9.79. The fourth-order valence-electron chi connectivity index (χ4n) is 3.39. The molecule has 31 heavy (non-hydrogen) atoms. The molecule has 6 nitrogen and oxygen atoms in total. The molecule has 156 valence electrons. The number of aliphatic carboxylic acids is 1. The molecule has 3 rings (SSSR count). The van der Waals surface area contributed by atoms with Crippen LogP contribution in [0.4, 0.5) is 0 Å². The normalized spacial score (nSPS) is 16.1. The van der Waals surface area contributed by atoms with Crippen LogP contribution in [-0.2, 0) is 14.3 Å². The van der Waals surface area contributed by atoms with Crippen molar-refractivity contribution in [3.63, 3.8) is 0 Å². The van der Waals surface area contributed by atoms with Crippen molar-refractivity contribution in [3.05, 3.63) is 99.4 Å². The molecule has 0 aromatic heterocycles. The second-order valence-electron chi connectivity index (χ2n) is 6.77. The number of nitrogens with zero attached hydrogens (tertiary/aromatic N) is 1. The van der Waals surface area contributed by atoms with Gasteiger partial charge in [-0.05, 0) is 36.3 Å². The summed E-state index contributed by atoms with van der Waals surface area (Å²) in [5.41, 5.74) is 1.52. The number of ether oxygens (including phenoxy) is 1. The van der Waals surface area contributed by atoms with Crippen molar-refractivity contribution in [2.75, 3.05) is 6.61 Å². The van der Waals surface area contributed by atoms with Gasteiger partial charge in [-0.25, -0.2) is 9.59 Å². The molecule has 0 fully saturated rings. The van der Waals surface area contributed by atoms with Gasteiger partial charge < -0.3 is 15.2 Å². The summed E-state index contributed by atoms with van der Waals surface area (Å²) in [6.07, 6.45) is 3.47. The van der Waals surface area contributed by atoms with Crippen LogP contribution in [0.15, 0.2) is 83.2 Å². The molecular formula is C24H19ClN2O4. The largest absolute Gasteiger partial charge is 0.478 e. The number of allylic oxidation sites excluding steroid dienone is 2. The van der Waals surface area contributed by atoms with E-state index in [9.17, 15) is 20.0 Å². The first-order chi connectivity index (χ1) is 14.9. The van der Waals surface area contributed by atoms with E-state index >= 15 is 0 Å². The molecule has 0 bridgehead atoms. The Morgan fingerprint density at radius 1 is 1.19 bits per heavy atom. The van der Waals surface area contributed by atoms with Gasteiger partial charge in [0.25, 0.3) is 0 Å². The van der Waals surface area contributed by atoms with Gasteiger partial charge in [0.1, 0.15) is 18.4 Å². The zero-order valence-corrected chi connectivity index (χ0v) is 17.4. The van der Waals surface area contributed by atoms with Crippen molar-refractivity contribution >= 4 is 29.6 Å². The summed E-state index contributed by atoms with van der Waals surface area (Å²) >= 11 is 6.10. The number of benzene rings is 2. The minimum Gasteiger partial charge on any atom is -0.478 e. The van der Waals surface area contributed by atoms with E-state index in [0.717, 1.165) is 5.56 Å². The van der Waals surface area contributed by atoms with Gasteiger partial charge in [0.15, 0.2) is 0 Å². The number of rotatable bonds is 6. The molecule has 1 unspecified atom stereocenters. The SMILES string of the molecule is CC1=C(C(=O)O)C(c2cccc(Cl)c2)C(C(=O)OC/C=C/c2ccccc2)=C(C#N)N1. The van der Waals surface area contributed by atoms with E-state index < -0.39 is 17.9 Å². The predicted octanol–water partition coefficient (Wildman–Crippen LogP) is 4.42. The molecule has 2 N–H and O–H groups in total. The number of hydrogen-bond acceptors (Lipinski definition) is 5. The van der Waals surface area contributed by atoms with Crippen molar-refractivity contribution in [3.8, 4) is 6.07 Å². The fraction of sp³-hybridized carbons (Fsp3) is 0.125. The van der Waals surface area contributed by atoms with E-state index in [-0.39, 0.29) is 29.1 Å². The highest BCUT2D eigenvalue weighted by Gasteiger charge is 2.38. The van der Waals surface area contributed by atoms with E-state index in [4.69, 9.17) is 16.3 Å². The monoisotopic (exact) mass is 434 g/mol. The molecule has 0 saturated heterocycles.